The van der Waals surface area contributed by atoms with Crippen LogP contribution < -0.4 is 0 Å². The largest absolute Gasteiger partial charge is 0.272 e. The van der Waals surface area contributed by atoms with Crippen molar-refractivity contribution in [3.63, 3.8) is 0 Å². The zero-order chi connectivity index (χ0) is 8.15. The molecule has 0 aliphatic rings. The Hall–Kier alpha value is -0.120. The molecule has 0 fully saturated rings. The summed E-state index contributed by atoms with van der Waals surface area (Å²) in [5, 5.41) is 6.32. The second-order valence-corrected chi connectivity index (χ2v) is 2.52. The van der Waals surface area contributed by atoms with E-state index in [1.807, 2.05) is 0 Å². The number of hydrogen-bond donors (Lipinski definition) is 1. The van der Waals surface area contributed by atoms with Crippen molar-refractivity contribution in [2.75, 3.05) is 0 Å². The van der Waals surface area contributed by atoms with Gasteiger partial charge < -0.3 is 0 Å². The Morgan fingerprint density at radius 2 is 1.70 bits per heavy atom. The summed E-state index contributed by atoms with van der Waals surface area (Å²) in [6.45, 7) is 1.54. The number of rotatable bonds is 0. The quantitative estimate of drug-likeness (QED) is 0.355. The van der Waals surface area contributed by atoms with Crippen molar-refractivity contribution in [2.45, 2.75) is 6.92 Å². The van der Waals surface area contributed by atoms with Gasteiger partial charge in [0.05, 0.1) is 0 Å². The van der Waals surface area contributed by atoms with Crippen molar-refractivity contribution in [1.82, 2.24) is 0 Å². The predicted molar refractivity (Wildman–Crippen MR) is 45.8 cm³/mol. The van der Waals surface area contributed by atoms with Gasteiger partial charge in [-0.2, -0.15) is 4.99 Å². The molecule has 0 spiro atoms. The van der Waals surface area contributed by atoms with Gasteiger partial charge in [0.25, 0.3) is 0 Å². The standard InChI is InChI=1S/C4H4Cl3N3/c1-2(5)9-4(7)10-3(6)8/h8H,1H3. The summed E-state index contributed by atoms with van der Waals surface area (Å²) in [4.78, 5) is 6.77. The van der Waals surface area contributed by atoms with Gasteiger partial charge >= 0.3 is 0 Å². The van der Waals surface area contributed by atoms with Gasteiger partial charge in [-0.05, 0) is 30.1 Å². The molecule has 0 atom stereocenters. The molecule has 0 aromatic rings. The molecule has 10 heavy (non-hydrogen) atoms. The van der Waals surface area contributed by atoms with E-state index >= 15 is 0 Å². The number of amidine groups is 2. The van der Waals surface area contributed by atoms with E-state index in [0.29, 0.717) is 0 Å². The number of nitrogens with zero attached hydrogens (tertiary/aromatic N) is 2. The SMILES string of the molecule is CC(Cl)=NC(Cl)=NC(=N)Cl. The first-order valence-corrected chi connectivity index (χ1v) is 3.35. The van der Waals surface area contributed by atoms with Crippen molar-refractivity contribution in [3.05, 3.63) is 0 Å². The van der Waals surface area contributed by atoms with E-state index < -0.39 is 5.29 Å². The highest BCUT2D eigenvalue weighted by molar-refractivity contribution is 6.73. The molecule has 56 valence electrons. The van der Waals surface area contributed by atoms with Crippen molar-refractivity contribution >= 4 is 50.6 Å². The van der Waals surface area contributed by atoms with Crippen molar-refractivity contribution < 1.29 is 0 Å². The first-order chi connectivity index (χ1) is 4.52. The smallest absolute Gasteiger partial charge is 0.226 e. The van der Waals surface area contributed by atoms with Crippen LogP contribution >= 0.6 is 34.8 Å². The lowest BCUT2D eigenvalue weighted by Crippen LogP contribution is -1.88. The number of halogens is 3. The zero-order valence-corrected chi connectivity index (χ0v) is 7.30. The minimum absolute atomic E-state index is 0.146. The average molecular weight is 200 g/mol. The minimum Gasteiger partial charge on any atom is -0.272 e. The molecular weight excluding hydrogens is 196 g/mol. The normalized spacial score (nSPS) is 13.6. The maximum absolute atomic E-state index is 6.65. The third-order valence-electron chi connectivity index (χ3n) is 0.437. The Balaban J connectivity index is 4.22. The molecule has 6 heteroatoms. The maximum Gasteiger partial charge on any atom is 0.226 e. The molecule has 0 saturated heterocycles. The molecule has 0 aromatic heterocycles. The van der Waals surface area contributed by atoms with E-state index in [9.17, 15) is 0 Å². The van der Waals surface area contributed by atoms with Crippen LogP contribution in [0.5, 0.6) is 0 Å². The predicted octanol–water partition coefficient (Wildman–Crippen LogP) is 2.41. The highest BCUT2D eigenvalue weighted by Gasteiger charge is 1.91. The van der Waals surface area contributed by atoms with E-state index in [0.717, 1.165) is 0 Å². The van der Waals surface area contributed by atoms with Crippen LogP contribution in [-0.4, -0.2) is 15.8 Å². The molecule has 0 saturated carbocycles. The van der Waals surface area contributed by atoms with E-state index in [4.69, 9.17) is 40.2 Å². The molecule has 0 aromatic carbocycles. The Bertz CT molecular complexity index is 192. The fraction of sp³-hybridized carbons (Fsp3) is 0.250. The summed E-state index contributed by atoms with van der Waals surface area (Å²) in [6, 6.07) is 0. The number of hydrogen-bond acceptors (Lipinski definition) is 1. The molecule has 0 heterocycles. The second-order valence-electron chi connectivity index (χ2n) is 1.28. The molecule has 3 nitrogen and oxygen atoms in total. The van der Waals surface area contributed by atoms with Crippen LogP contribution in [0.15, 0.2) is 9.98 Å². The van der Waals surface area contributed by atoms with E-state index in [1.54, 1.807) is 0 Å². The molecule has 0 aliphatic heterocycles. The van der Waals surface area contributed by atoms with Crippen LogP contribution in [0, 0.1) is 5.41 Å². The van der Waals surface area contributed by atoms with E-state index in [1.165, 1.54) is 6.92 Å². The lowest BCUT2D eigenvalue weighted by atomic mass is 10.9. The minimum atomic E-state index is -0.424. The fourth-order valence-corrected chi connectivity index (χ4v) is 0.691. The first-order valence-electron chi connectivity index (χ1n) is 2.21. The van der Waals surface area contributed by atoms with E-state index in [-0.39, 0.29) is 10.5 Å². The van der Waals surface area contributed by atoms with Crippen LogP contribution in [0.2, 0.25) is 0 Å². The first kappa shape index (κ1) is 9.88. The third kappa shape index (κ3) is 6.01. The fourth-order valence-electron chi connectivity index (χ4n) is 0.233. The summed E-state index contributed by atoms with van der Waals surface area (Å²) in [5.41, 5.74) is 0. The third-order valence-corrected chi connectivity index (χ3v) is 0.775. The lowest BCUT2D eigenvalue weighted by Gasteiger charge is -1.86. The zero-order valence-electron chi connectivity index (χ0n) is 5.03. The Morgan fingerprint density at radius 3 is 2.00 bits per heavy atom. The number of aliphatic imine (C=N–C) groups is 2. The van der Waals surface area contributed by atoms with Gasteiger partial charge in [0.2, 0.25) is 10.6 Å². The second kappa shape index (κ2) is 4.66. The molecule has 0 radical (unpaired) electrons. The topological polar surface area (TPSA) is 48.6 Å². The highest BCUT2D eigenvalue weighted by Crippen LogP contribution is 1.95. The van der Waals surface area contributed by atoms with Gasteiger partial charge in [0.15, 0.2) is 0 Å². The summed E-state index contributed by atoms with van der Waals surface area (Å²) in [6.07, 6.45) is 0. The van der Waals surface area contributed by atoms with Crippen LogP contribution in [0.3, 0.4) is 0 Å². The summed E-state index contributed by atoms with van der Waals surface area (Å²) in [7, 11) is 0. The van der Waals surface area contributed by atoms with Gasteiger partial charge in [-0.25, -0.2) is 4.99 Å². The molecular formula is C4H4Cl3N3. The Kier molecular flexibility index (Phi) is 4.60. The monoisotopic (exact) mass is 199 g/mol. The summed E-state index contributed by atoms with van der Waals surface area (Å²) >= 11 is 15.7. The summed E-state index contributed by atoms with van der Waals surface area (Å²) < 4.78 is 0. The molecule has 0 rings (SSSR count). The van der Waals surface area contributed by atoms with Gasteiger partial charge in [-0.15, -0.1) is 0 Å². The van der Waals surface area contributed by atoms with Crippen molar-refractivity contribution in [1.29, 1.82) is 5.41 Å². The molecule has 0 aliphatic carbocycles. The molecule has 0 bridgehead atoms. The molecule has 1 N–H and O–H groups in total. The van der Waals surface area contributed by atoms with Crippen molar-refractivity contribution in [2.24, 2.45) is 9.98 Å². The van der Waals surface area contributed by atoms with Gasteiger partial charge in [-0.1, -0.05) is 11.6 Å². The van der Waals surface area contributed by atoms with Gasteiger partial charge in [-0.3, -0.25) is 5.41 Å². The van der Waals surface area contributed by atoms with Crippen LogP contribution in [0.1, 0.15) is 6.92 Å². The number of nitrogens with one attached hydrogen (secondary N) is 1. The van der Waals surface area contributed by atoms with Crippen LogP contribution in [0.4, 0.5) is 0 Å². The van der Waals surface area contributed by atoms with Gasteiger partial charge in [0, 0.05) is 0 Å². The van der Waals surface area contributed by atoms with Crippen LogP contribution in [0.25, 0.3) is 0 Å². The maximum atomic E-state index is 6.65. The highest BCUT2D eigenvalue weighted by atomic mass is 35.5. The van der Waals surface area contributed by atoms with Gasteiger partial charge in [0.1, 0.15) is 5.17 Å². The van der Waals surface area contributed by atoms with E-state index in [2.05, 4.69) is 9.98 Å². The molecule has 0 unspecified atom stereocenters. The average Bonchev–Trinajstić information content (AvgIpc) is 1.58. The summed E-state index contributed by atoms with van der Waals surface area (Å²) in [5.74, 6) is 0. The Labute approximate surface area is 73.2 Å². The Morgan fingerprint density at radius 1 is 1.20 bits per heavy atom. The van der Waals surface area contributed by atoms with Crippen molar-refractivity contribution in [3.8, 4) is 0 Å². The van der Waals surface area contributed by atoms with Crippen LogP contribution in [-0.2, 0) is 0 Å². The molecule has 0 amide bonds. The lowest BCUT2D eigenvalue weighted by molar-refractivity contribution is 1.49.